The Kier molecular flexibility index (Phi) is 6.73. The smallest absolute Gasteiger partial charge is 0.336 e. The van der Waals surface area contributed by atoms with Gasteiger partial charge in [0.25, 0.3) is 0 Å². The van der Waals surface area contributed by atoms with Crippen molar-refractivity contribution in [2.24, 2.45) is 0 Å². The average Bonchev–Trinajstić information content (AvgIpc) is 3.25. The van der Waals surface area contributed by atoms with E-state index in [0.717, 1.165) is 11.3 Å². The number of halogens is 3. The van der Waals surface area contributed by atoms with Crippen molar-refractivity contribution >= 4 is 27.1 Å². The van der Waals surface area contributed by atoms with Gasteiger partial charge in [0.15, 0.2) is 9.84 Å². The lowest BCUT2D eigenvalue weighted by molar-refractivity contribution is -0.159. The lowest BCUT2D eigenvalue weighted by Crippen LogP contribution is -2.54. The van der Waals surface area contributed by atoms with E-state index in [1.165, 1.54) is 17.5 Å². The molecule has 6 nitrogen and oxygen atoms in total. The van der Waals surface area contributed by atoms with Crippen LogP contribution in [-0.4, -0.2) is 37.8 Å². The van der Waals surface area contributed by atoms with E-state index in [4.69, 9.17) is 0 Å². The molecule has 0 bridgehead atoms. The monoisotopic (exact) mass is 471 g/mol. The number of hydrogen-bond acceptors (Lipinski definition) is 6. The molecule has 1 saturated carbocycles. The van der Waals surface area contributed by atoms with Gasteiger partial charge in [0.2, 0.25) is 5.91 Å². The summed E-state index contributed by atoms with van der Waals surface area (Å²) in [5, 5.41) is 15.3. The van der Waals surface area contributed by atoms with Gasteiger partial charge in [-0.05, 0) is 29.9 Å². The van der Waals surface area contributed by atoms with Crippen LogP contribution in [0.2, 0.25) is 0 Å². The summed E-state index contributed by atoms with van der Waals surface area (Å²) < 4.78 is 66.6. The number of alkyl halides is 3. The molecule has 166 valence electrons. The van der Waals surface area contributed by atoms with Gasteiger partial charge in [0, 0.05) is 4.88 Å². The Balaban J connectivity index is 1.85. The first-order valence-electron chi connectivity index (χ1n) is 9.37. The fourth-order valence-corrected chi connectivity index (χ4v) is 5.43. The Morgan fingerprint density at radius 3 is 2.39 bits per heavy atom. The minimum Gasteiger partial charge on any atom is -0.336 e. The van der Waals surface area contributed by atoms with Gasteiger partial charge in [0.1, 0.15) is 17.6 Å². The van der Waals surface area contributed by atoms with Crippen molar-refractivity contribution in [1.29, 1.82) is 5.26 Å². The first kappa shape index (κ1) is 23.2. The van der Waals surface area contributed by atoms with E-state index in [-0.39, 0.29) is 4.88 Å². The molecule has 1 heterocycles. The quantitative estimate of drug-likeness (QED) is 0.586. The van der Waals surface area contributed by atoms with Gasteiger partial charge in [-0.3, -0.25) is 10.1 Å². The summed E-state index contributed by atoms with van der Waals surface area (Å²) >= 11 is 0.846. The van der Waals surface area contributed by atoms with E-state index in [1.807, 2.05) is 6.07 Å². The van der Waals surface area contributed by atoms with E-state index in [9.17, 15) is 31.6 Å². The topological polar surface area (TPSA) is 99.1 Å². The fraction of sp³-hybridized carbons (Fsp3) is 0.400. The van der Waals surface area contributed by atoms with Crippen molar-refractivity contribution in [3.63, 3.8) is 0 Å². The van der Waals surface area contributed by atoms with Crippen molar-refractivity contribution in [2.75, 3.05) is 5.75 Å². The van der Waals surface area contributed by atoms with Crippen molar-refractivity contribution in [3.8, 4) is 6.07 Å². The number of benzene rings is 1. The number of nitrogens with zero attached hydrogens (tertiary/aromatic N) is 1. The van der Waals surface area contributed by atoms with Crippen LogP contribution in [0.5, 0.6) is 0 Å². The van der Waals surface area contributed by atoms with Crippen molar-refractivity contribution < 1.29 is 26.4 Å². The normalized spacial score (nSPS) is 17.4. The third kappa shape index (κ3) is 6.29. The summed E-state index contributed by atoms with van der Waals surface area (Å²) in [6.45, 7) is 0. The third-order valence-corrected chi connectivity index (χ3v) is 7.37. The molecule has 2 aromatic rings. The van der Waals surface area contributed by atoms with Crippen LogP contribution in [0, 0.1) is 11.3 Å². The fourth-order valence-electron chi connectivity index (χ4n) is 3.05. The molecule has 1 aliphatic rings. The predicted molar refractivity (Wildman–Crippen MR) is 110 cm³/mol. The highest BCUT2D eigenvalue weighted by Crippen LogP contribution is 2.36. The van der Waals surface area contributed by atoms with Crippen LogP contribution in [-0.2, 0) is 20.4 Å². The Hall–Kier alpha value is -2.42. The number of amides is 1. The molecule has 1 aromatic carbocycles. The number of carbonyl (C=O) groups is 1. The first-order chi connectivity index (χ1) is 14.5. The number of nitrogens with one attached hydrogen (secondary N) is 2. The van der Waals surface area contributed by atoms with Crippen LogP contribution in [0.25, 0.3) is 0 Å². The Bertz CT molecular complexity index is 1040. The number of carbonyl (C=O) groups excluding carboxylic acids is 1. The van der Waals surface area contributed by atoms with Crippen LogP contribution in [0.4, 0.5) is 13.2 Å². The lowest BCUT2D eigenvalue weighted by Gasteiger charge is -2.27. The molecular formula is C20H20F3N3O3S2. The summed E-state index contributed by atoms with van der Waals surface area (Å²) in [5.74, 6) is -2.20. The molecular weight excluding hydrogens is 451 g/mol. The Morgan fingerprint density at radius 1 is 1.19 bits per heavy atom. The maximum absolute atomic E-state index is 13.7. The molecule has 1 aliphatic carbocycles. The van der Waals surface area contributed by atoms with Crippen molar-refractivity contribution in [3.05, 3.63) is 58.3 Å². The van der Waals surface area contributed by atoms with Gasteiger partial charge in [-0.25, -0.2) is 8.42 Å². The summed E-state index contributed by atoms with van der Waals surface area (Å²) in [6.07, 6.45) is -4.02. The number of thiophene rings is 1. The Morgan fingerprint density at radius 2 is 1.87 bits per heavy atom. The summed E-state index contributed by atoms with van der Waals surface area (Å²) in [6, 6.07) is 8.89. The van der Waals surface area contributed by atoms with Crippen LogP contribution >= 0.6 is 11.3 Å². The van der Waals surface area contributed by atoms with E-state index in [0.29, 0.717) is 18.4 Å². The van der Waals surface area contributed by atoms with E-state index >= 15 is 0 Å². The molecule has 31 heavy (non-hydrogen) atoms. The lowest BCUT2D eigenvalue weighted by atomic mass is 10.1. The second-order valence-corrected chi connectivity index (χ2v) is 10.5. The van der Waals surface area contributed by atoms with Gasteiger partial charge in [0.05, 0.1) is 17.6 Å². The maximum Gasteiger partial charge on any atom is 0.408 e. The van der Waals surface area contributed by atoms with E-state index < -0.39 is 51.0 Å². The highest BCUT2D eigenvalue weighted by Gasteiger charge is 2.48. The standard InChI is InChI=1S/C20H20F3N3O3S2/c21-20(22,23)17(16-7-4-10-30-16)25-15(18(27)26-19(13-24)8-9-19)12-31(28,29)11-14-5-2-1-3-6-14/h1-7,10,15,17,25H,8-9,11-12H2,(H,26,27)/t15?,17-/m0/s1. The van der Waals surface area contributed by atoms with Crippen LogP contribution in [0.15, 0.2) is 47.8 Å². The van der Waals surface area contributed by atoms with E-state index in [2.05, 4.69) is 10.6 Å². The van der Waals surface area contributed by atoms with Gasteiger partial charge in [-0.2, -0.15) is 18.4 Å². The average molecular weight is 472 g/mol. The number of nitriles is 1. The van der Waals surface area contributed by atoms with Gasteiger partial charge in [-0.15, -0.1) is 11.3 Å². The molecule has 11 heteroatoms. The minimum absolute atomic E-state index is 0.0906. The SMILES string of the molecule is N#CC1(NC(=O)C(CS(=O)(=O)Cc2ccccc2)N[C@@H](c2cccs2)C(F)(F)F)CC1. The second-order valence-electron chi connectivity index (χ2n) is 7.43. The molecule has 1 fully saturated rings. The third-order valence-electron chi connectivity index (χ3n) is 4.82. The molecule has 2 atom stereocenters. The maximum atomic E-state index is 13.7. The van der Waals surface area contributed by atoms with Crippen LogP contribution in [0.3, 0.4) is 0 Å². The number of sulfone groups is 1. The molecule has 3 rings (SSSR count). The van der Waals surface area contributed by atoms with Crippen LogP contribution < -0.4 is 10.6 Å². The van der Waals surface area contributed by atoms with Gasteiger partial charge >= 0.3 is 6.18 Å². The summed E-state index contributed by atoms with van der Waals surface area (Å²) in [4.78, 5) is 12.7. The second kappa shape index (κ2) is 8.98. The number of hydrogen-bond donors (Lipinski definition) is 2. The molecule has 0 saturated heterocycles. The van der Waals surface area contributed by atoms with E-state index in [1.54, 1.807) is 30.3 Å². The zero-order valence-electron chi connectivity index (χ0n) is 16.2. The zero-order valence-corrected chi connectivity index (χ0v) is 17.9. The molecule has 0 aliphatic heterocycles. The first-order valence-corrected chi connectivity index (χ1v) is 12.1. The highest BCUT2D eigenvalue weighted by molar-refractivity contribution is 7.90. The molecule has 0 radical (unpaired) electrons. The van der Waals surface area contributed by atoms with Crippen LogP contribution in [0.1, 0.15) is 29.3 Å². The minimum atomic E-state index is -4.75. The predicted octanol–water partition coefficient (Wildman–Crippen LogP) is 3.10. The van der Waals surface area contributed by atoms with Gasteiger partial charge < -0.3 is 5.32 Å². The molecule has 1 unspecified atom stereocenters. The van der Waals surface area contributed by atoms with Crippen molar-refractivity contribution in [1.82, 2.24) is 10.6 Å². The molecule has 2 N–H and O–H groups in total. The largest absolute Gasteiger partial charge is 0.408 e. The van der Waals surface area contributed by atoms with Crippen molar-refractivity contribution in [2.45, 2.75) is 42.4 Å². The number of rotatable bonds is 9. The molecule has 1 amide bonds. The Labute approximate surface area is 182 Å². The van der Waals surface area contributed by atoms with Gasteiger partial charge in [-0.1, -0.05) is 36.4 Å². The zero-order chi connectivity index (χ0) is 22.7. The molecule has 1 aromatic heterocycles. The molecule has 0 spiro atoms. The summed E-state index contributed by atoms with van der Waals surface area (Å²) in [7, 11) is -3.95. The summed E-state index contributed by atoms with van der Waals surface area (Å²) in [5.41, 5.74) is -0.681. The highest BCUT2D eigenvalue weighted by atomic mass is 32.2.